The Bertz CT molecular complexity index is 1510. The standard InChI is InChI=1S/C32H34FN3O3/c1-20(2)35-15-16-36-28-18-21(32(37)38)10-12-26(28)30(25-7-3-4-8-27(25)33)31(36)24-13-11-23(17-22(24)19-35)39-29-9-5-6-14-34-29/h5-6,9-14,17-18,20,25,27H,3-4,7-8,15-16,19H2,1-2H3,(H,37,38)/t25-,27-/m1/s1. The van der Waals surface area contributed by atoms with Crippen LogP contribution >= 0.6 is 0 Å². The van der Waals surface area contributed by atoms with E-state index in [1.807, 2.05) is 30.3 Å². The minimum absolute atomic E-state index is 0.217. The lowest BCUT2D eigenvalue weighted by atomic mass is 9.80. The number of hydrogen-bond donors (Lipinski definition) is 1. The van der Waals surface area contributed by atoms with Crippen LogP contribution in [0.15, 0.2) is 60.8 Å². The summed E-state index contributed by atoms with van der Waals surface area (Å²) < 4.78 is 24.0. The molecule has 1 saturated carbocycles. The number of pyridine rings is 1. The quantitative estimate of drug-likeness (QED) is 0.293. The summed E-state index contributed by atoms with van der Waals surface area (Å²) in [7, 11) is 0. The summed E-state index contributed by atoms with van der Waals surface area (Å²) in [6.45, 7) is 6.60. The van der Waals surface area contributed by atoms with Crippen molar-refractivity contribution in [1.82, 2.24) is 14.5 Å². The summed E-state index contributed by atoms with van der Waals surface area (Å²) in [5.41, 5.74) is 5.30. The number of alkyl halides is 1. The smallest absolute Gasteiger partial charge is 0.335 e. The van der Waals surface area contributed by atoms with Crippen molar-refractivity contribution in [3.8, 4) is 22.9 Å². The number of carboxylic acid groups (broad SMARTS) is 1. The SMILES string of the molecule is CC(C)N1CCn2c(c([C@@H]3CCCC[C@H]3F)c3ccc(C(=O)O)cc32)-c2ccc(Oc3ccccn3)cc2C1. The first-order chi connectivity index (χ1) is 18.9. The molecule has 1 aliphatic heterocycles. The van der Waals surface area contributed by atoms with Crippen LogP contribution in [0.4, 0.5) is 4.39 Å². The molecule has 6 nitrogen and oxygen atoms in total. The van der Waals surface area contributed by atoms with Gasteiger partial charge in [0, 0.05) is 60.3 Å². The predicted molar refractivity (Wildman–Crippen MR) is 150 cm³/mol. The van der Waals surface area contributed by atoms with Gasteiger partial charge in [-0.05, 0) is 74.2 Å². The van der Waals surface area contributed by atoms with Gasteiger partial charge in [0.05, 0.1) is 11.3 Å². The number of ether oxygens (including phenoxy) is 1. The number of nitrogens with zero attached hydrogens (tertiary/aromatic N) is 3. The highest BCUT2D eigenvalue weighted by Crippen LogP contribution is 2.47. The Morgan fingerprint density at radius 2 is 1.92 bits per heavy atom. The lowest BCUT2D eigenvalue weighted by Gasteiger charge is -2.32. The molecule has 0 radical (unpaired) electrons. The normalized spacial score (nSPS) is 19.8. The van der Waals surface area contributed by atoms with Crippen LogP contribution in [-0.4, -0.2) is 44.3 Å². The van der Waals surface area contributed by atoms with Gasteiger partial charge in [-0.15, -0.1) is 0 Å². The summed E-state index contributed by atoms with van der Waals surface area (Å²) in [6.07, 6.45) is 4.05. The Kier molecular flexibility index (Phi) is 6.85. The van der Waals surface area contributed by atoms with E-state index in [4.69, 9.17) is 4.74 Å². The molecule has 2 atom stereocenters. The van der Waals surface area contributed by atoms with Crippen molar-refractivity contribution in [2.24, 2.45) is 0 Å². The van der Waals surface area contributed by atoms with Crippen molar-refractivity contribution in [3.05, 3.63) is 77.5 Å². The van der Waals surface area contributed by atoms with Gasteiger partial charge in [-0.2, -0.15) is 0 Å². The molecule has 7 heteroatoms. The predicted octanol–water partition coefficient (Wildman–Crippen LogP) is 7.41. The number of aromatic nitrogens is 2. The topological polar surface area (TPSA) is 67.6 Å². The van der Waals surface area contributed by atoms with E-state index in [1.165, 1.54) is 0 Å². The van der Waals surface area contributed by atoms with Crippen LogP contribution in [-0.2, 0) is 13.1 Å². The van der Waals surface area contributed by atoms with Gasteiger partial charge in [0.15, 0.2) is 0 Å². The molecule has 2 aromatic heterocycles. The molecule has 0 saturated heterocycles. The highest BCUT2D eigenvalue weighted by Gasteiger charge is 2.34. The molecule has 202 valence electrons. The first-order valence-electron chi connectivity index (χ1n) is 13.9. The van der Waals surface area contributed by atoms with E-state index in [9.17, 15) is 9.90 Å². The average Bonchev–Trinajstić information content (AvgIpc) is 3.23. The number of rotatable bonds is 5. The fourth-order valence-corrected chi connectivity index (χ4v) is 6.31. The summed E-state index contributed by atoms with van der Waals surface area (Å²) >= 11 is 0. The fraction of sp³-hybridized carbons (Fsp3) is 0.375. The number of fused-ring (bicyclic) bond motifs is 5. The Morgan fingerprint density at radius 3 is 2.67 bits per heavy atom. The molecule has 1 fully saturated rings. The molecule has 0 bridgehead atoms. The maximum Gasteiger partial charge on any atom is 0.335 e. The molecule has 6 rings (SSSR count). The second kappa shape index (κ2) is 10.5. The Labute approximate surface area is 228 Å². The molecular weight excluding hydrogens is 493 g/mol. The summed E-state index contributed by atoms with van der Waals surface area (Å²) in [5, 5.41) is 10.7. The molecule has 2 aliphatic rings. The Hall–Kier alpha value is -3.71. The fourth-order valence-electron chi connectivity index (χ4n) is 6.31. The van der Waals surface area contributed by atoms with Crippen LogP contribution in [0.1, 0.15) is 66.9 Å². The molecule has 4 aromatic rings. The first-order valence-corrected chi connectivity index (χ1v) is 13.9. The van der Waals surface area contributed by atoms with Gasteiger partial charge in [-0.1, -0.05) is 25.0 Å². The molecule has 0 unspecified atom stereocenters. The zero-order valence-electron chi connectivity index (χ0n) is 22.4. The number of hydrogen-bond acceptors (Lipinski definition) is 4. The van der Waals surface area contributed by atoms with Gasteiger partial charge in [0.25, 0.3) is 0 Å². The molecular formula is C32H34FN3O3. The summed E-state index contributed by atoms with van der Waals surface area (Å²) in [4.78, 5) is 18.6. The van der Waals surface area contributed by atoms with Crippen molar-refractivity contribution in [2.45, 2.75) is 70.8 Å². The minimum Gasteiger partial charge on any atom is -0.478 e. The first kappa shape index (κ1) is 25.6. The molecule has 1 aliphatic carbocycles. The van der Waals surface area contributed by atoms with Crippen molar-refractivity contribution in [3.63, 3.8) is 0 Å². The van der Waals surface area contributed by atoms with Gasteiger partial charge in [0.1, 0.15) is 11.9 Å². The van der Waals surface area contributed by atoms with Crippen LogP contribution < -0.4 is 4.74 Å². The second-order valence-corrected chi connectivity index (χ2v) is 11.0. The lowest BCUT2D eigenvalue weighted by molar-refractivity contribution is 0.0697. The van der Waals surface area contributed by atoms with Crippen molar-refractivity contribution in [1.29, 1.82) is 0 Å². The van der Waals surface area contributed by atoms with Crippen LogP contribution in [0.3, 0.4) is 0 Å². The van der Waals surface area contributed by atoms with Gasteiger partial charge in [-0.25, -0.2) is 14.2 Å². The molecule has 3 heterocycles. The maximum absolute atomic E-state index is 15.6. The van der Waals surface area contributed by atoms with Gasteiger partial charge in [-0.3, -0.25) is 4.90 Å². The molecule has 0 spiro atoms. The third-order valence-corrected chi connectivity index (χ3v) is 8.31. The Morgan fingerprint density at radius 1 is 1.08 bits per heavy atom. The van der Waals surface area contributed by atoms with E-state index in [0.717, 1.165) is 65.6 Å². The average molecular weight is 528 g/mol. The number of halogens is 1. The lowest BCUT2D eigenvalue weighted by Crippen LogP contribution is -2.35. The van der Waals surface area contributed by atoms with Crippen molar-refractivity contribution in [2.75, 3.05) is 6.54 Å². The van der Waals surface area contributed by atoms with Crippen LogP contribution in [0.5, 0.6) is 11.6 Å². The highest BCUT2D eigenvalue weighted by atomic mass is 19.1. The van der Waals surface area contributed by atoms with Crippen LogP contribution in [0.25, 0.3) is 22.2 Å². The van der Waals surface area contributed by atoms with E-state index in [2.05, 4.69) is 40.4 Å². The molecule has 2 aromatic carbocycles. The van der Waals surface area contributed by atoms with Crippen molar-refractivity contribution < 1.29 is 19.0 Å². The third kappa shape index (κ3) is 4.80. The van der Waals surface area contributed by atoms with E-state index < -0.39 is 12.1 Å². The zero-order chi connectivity index (χ0) is 27.1. The number of carboxylic acids is 1. The molecule has 1 N–H and O–H groups in total. The third-order valence-electron chi connectivity index (χ3n) is 8.31. The molecule has 39 heavy (non-hydrogen) atoms. The van der Waals surface area contributed by atoms with Crippen molar-refractivity contribution >= 4 is 16.9 Å². The summed E-state index contributed by atoms with van der Waals surface area (Å²) in [5.74, 6) is 0.0603. The second-order valence-electron chi connectivity index (χ2n) is 11.0. The Balaban J connectivity index is 1.59. The van der Waals surface area contributed by atoms with Crippen LogP contribution in [0, 0.1) is 0 Å². The van der Waals surface area contributed by atoms with Crippen LogP contribution in [0.2, 0.25) is 0 Å². The van der Waals surface area contributed by atoms with E-state index >= 15 is 4.39 Å². The minimum atomic E-state index is -0.957. The summed E-state index contributed by atoms with van der Waals surface area (Å²) in [6, 6.07) is 17.3. The van der Waals surface area contributed by atoms with Gasteiger partial charge < -0.3 is 14.4 Å². The monoisotopic (exact) mass is 527 g/mol. The largest absolute Gasteiger partial charge is 0.478 e. The number of aromatic carboxylic acids is 1. The zero-order valence-corrected chi connectivity index (χ0v) is 22.4. The van der Waals surface area contributed by atoms with E-state index in [0.29, 0.717) is 30.6 Å². The highest BCUT2D eigenvalue weighted by molar-refractivity contribution is 5.98. The van der Waals surface area contributed by atoms with E-state index in [-0.39, 0.29) is 11.5 Å². The van der Waals surface area contributed by atoms with Gasteiger partial charge in [0.2, 0.25) is 5.88 Å². The number of benzene rings is 2. The van der Waals surface area contributed by atoms with E-state index in [1.54, 1.807) is 18.3 Å². The molecule has 0 amide bonds. The maximum atomic E-state index is 15.6. The van der Waals surface area contributed by atoms with Gasteiger partial charge >= 0.3 is 5.97 Å². The number of carbonyl (C=O) groups is 1.